The Kier molecular flexibility index (Phi) is 1.95. The molecule has 0 aromatic carbocycles. The van der Waals surface area contributed by atoms with E-state index in [-0.39, 0.29) is 5.41 Å². The second-order valence-electron chi connectivity index (χ2n) is 3.35. The average Bonchev–Trinajstić information content (AvgIpc) is 2.36. The lowest BCUT2D eigenvalue weighted by Gasteiger charge is -2.20. The van der Waals surface area contributed by atoms with Gasteiger partial charge in [0.2, 0.25) is 0 Å². The van der Waals surface area contributed by atoms with Gasteiger partial charge in [-0.05, 0) is 0 Å². The van der Waals surface area contributed by atoms with Gasteiger partial charge in [-0.25, -0.2) is 0 Å². The number of aromatic nitrogens is 3. The molecule has 0 bridgehead atoms. The van der Waals surface area contributed by atoms with Gasteiger partial charge in [0, 0.05) is 19.0 Å². The van der Waals surface area contributed by atoms with E-state index in [9.17, 15) is 0 Å². The number of nitrogens with zero attached hydrogens (tertiary/aromatic N) is 3. The van der Waals surface area contributed by atoms with E-state index >= 15 is 0 Å². The standard InChI is InChI=1S/C7H14N4/c1-7(2,4-8)6-10-9-5-11(6)3/h5H,4,8H2,1-3H3. The molecule has 2 N–H and O–H groups in total. The molecule has 0 aliphatic heterocycles. The summed E-state index contributed by atoms with van der Waals surface area (Å²) in [6.45, 7) is 4.69. The van der Waals surface area contributed by atoms with Gasteiger partial charge >= 0.3 is 0 Å². The molecule has 0 atom stereocenters. The van der Waals surface area contributed by atoms with Crippen LogP contribution in [0.2, 0.25) is 0 Å². The van der Waals surface area contributed by atoms with Crippen molar-refractivity contribution >= 4 is 0 Å². The zero-order chi connectivity index (χ0) is 8.48. The molecular weight excluding hydrogens is 140 g/mol. The van der Waals surface area contributed by atoms with Crippen LogP contribution in [-0.2, 0) is 12.5 Å². The molecule has 0 spiro atoms. The van der Waals surface area contributed by atoms with Gasteiger partial charge in [0.05, 0.1) is 0 Å². The first-order valence-corrected chi connectivity index (χ1v) is 3.62. The van der Waals surface area contributed by atoms with Gasteiger partial charge in [0.15, 0.2) is 0 Å². The maximum absolute atomic E-state index is 5.59. The topological polar surface area (TPSA) is 56.7 Å². The Morgan fingerprint density at radius 2 is 2.27 bits per heavy atom. The van der Waals surface area contributed by atoms with Crippen LogP contribution < -0.4 is 5.73 Å². The summed E-state index contributed by atoms with van der Waals surface area (Å²) in [6.07, 6.45) is 1.69. The maximum atomic E-state index is 5.59. The molecule has 0 amide bonds. The van der Waals surface area contributed by atoms with E-state index in [1.807, 2.05) is 11.6 Å². The molecule has 0 aliphatic rings. The third kappa shape index (κ3) is 1.40. The van der Waals surface area contributed by atoms with Crippen molar-refractivity contribution in [3.05, 3.63) is 12.2 Å². The van der Waals surface area contributed by atoms with Crippen LogP contribution in [0.5, 0.6) is 0 Å². The highest BCUT2D eigenvalue weighted by atomic mass is 15.3. The average molecular weight is 154 g/mol. The van der Waals surface area contributed by atoms with Crippen molar-refractivity contribution in [3.63, 3.8) is 0 Å². The summed E-state index contributed by atoms with van der Waals surface area (Å²) in [5.74, 6) is 0.931. The molecule has 4 heteroatoms. The zero-order valence-corrected chi connectivity index (χ0v) is 7.20. The summed E-state index contributed by atoms with van der Waals surface area (Å²) in [4.78, 5) is 0. The van der Waals surface area contributed by atoms with E-state index in [1.54, 1.807) is 6.33 Å². The summed E-state index contributed by atoms with van der Waals surface area (Å²) < 4.78 is 1.90. The van der Waals surface area contributed by atoms with E-state index in [4.69, 9.17) is 5.73 Å². The van der Waals surface area contributed by atoms with Crippen LogP contribution in [0, 0.1) is 0 Å². The first-order valence-electron chi connectivity index (χ1n) is 3.62. The Labute approximate surface area is 66.4 Å². The van der Waals surface area contributed by atoms with Crippen LogP contribution >= 0.6 is 0 Å². The van der Waals surface area contributed by atoms with Crippen molar-refractivity contribution in [2.24, 2.45) is 12.8 Å². The molecule has 4 nitrogen and oxygen atoms in total. The molecule has 1 rings (SSSR count). The van der Waals surface area contributed by atoms with Crippen LogP contribution in [-0.4, -0.2) is 21.3 Å². The number of nitrogens with two attached hydrogens (primary N) is 1. The van der Waals surface area contributed by atoms with E-state index in [0.29, 0.717) is 6.54 Å². The van der Waals surface area contributed by atoms with Crippen molar-refractivity contribution in [1.29, 1.82) is 0 Å². The van der Waals surface area contributed by atoms with Crippen LogP contribution in [0.1, 0.15) is 19.7 Å². The summed E-state index contributed by atoms with van der Waals surface area (Å²) in [5, 5.41) is 7.78. The molecule has 11 heavy (non-hydrogen) atoms. The maximum Gasteiger partial charge on any atom is 0.139 e. The quantitative estimate of drug-likeness (QED) is 0.655. The fraction of sp³-hybridized carbons (Fsp3) is 0.714. The van der Waals surface area contributed by atoms with E-state index < -0.39 is 0 Å². The third-order valence-corrected chi connectivity index (χ3v) is 1.83. The first kappa shape index (κ1) is 8.20. The van der Waals surface area contributed by atoms with Crippen LogP contribution in [0.4, 0.5) is 0 Å². The Bertz CT molecular complexity index is 238. The molecule has 1 aromatic rings. The Morgan fingerprint density at radius 1 is 1.64 bits per heavy atom. The summed E-state index contributed by atoms with van der Waals surface area (Å²) >= 11 is 0. The smallest absolute Gasteiger partial charge is 0.139 e. The molecule has 0 fully saturated rings. The monoisotopic (exact) mass is 154 g/mol. The molecule has 1 heterocycles. The summed E-state index contributed by atoms with van der Waals surface area (Å²) in [5.41, 5.74) is 5.51. The zero-order valence-electron chi connectivity index (χ0n) is 7.20. The fourth-order valence-electron chi connectivity index (χ4n) is 0.987. The molecule has 0 saturated carbocycles. The number of rotatable bonds is 2. The minimum Gasteiger partial charge on any atom is -0.329 e. The third-order valence-electron chi connectivity index (χ3n) is 1.83. The van der Waals surface area contributed by atoms with Gasteiger partial charge in [-0.3, -0.25) is 0 Å². The lowest BCUT2D eigenvalue weighted by atomic mass is 9.93. The highest BCUT2D eigenvalue weighted by Gasteiger charge is 2.23. The lowest BCUT2D eigenvalue weighted by Crippen LogP contribution is -2.31. The van der Waals surface area contributed by atoms with Crippen molar-refractivity contribution < 1.29 is 0 Å². The highest BCUT2D eigenvalue weighted by Crippen LogP contribution is 2.17. The van der Waals surface area contributed by atoms with Gasteiger partial charge in [0.25, 0.3) is 0 Å². The van der Waals surface area contributed by atoms with Gasteiger partial charge in [-0.2, -0.15) is 0 Å². The summed E-state index contributed by atoms with van der Waals surface area (Å²) in [7, 11) is 1.92. The fourth-order valence-corrected chi connectivity index (χ4v) is 0.987. The summed E-state index contributed by atoms with van der Waals surface area (Å²) in [6, 6.07) is 0. The van der Waals surface area contributed by atoms with Crippen LogP contribution in [0.3, 0.4) is 0 Å². The molecule has 62 valence electrons. The van der Waals surface area contributed by atoms with Gasteiger partial charge in [-0.15, -0.1) is 10.2 Å². The molecule has 0 radical (unpaired) electrons. The van der Waals surface area contributed by atoms with E-state index in [1.165, 1.54) is 0 Å². The molecular formula is C7H14N4. The first-order chi connectivity index (χ1) is 5.08. The predicted molar refractivity (Wildman–Crippen MR) is 43.1 cm³/mol. The number of hydrogen-bond donors (Lipinski definition) is 1. The van der Waals surface area contributed by atoms with Crippen molar-refractivity contribution in [3.8, 4) is 0 Å². The second kappa shape index (κ2) is 2.62. The van der Waals surface area contributed by atoms with Crippen LogP contribution in [0.25, 0.3) is 0 Å². The SMILES string of the molecule is Cn1cnnc1C(C)(C)CN. The molecule has 0 saturated heterocycles. The van der Waals surface area contributed by atoms with Crippen molar-refractivity contribution in [1.82, 2.24) is 14.8 Å². The van der Waals surface area contributed by atoms with Crippen molar-refractivity contribution in [2.75, 3.05) is 6.54 Å². The van der Waals surface area contributed by atoms with Gasteiger partial charge < -0.3 is 10.3 Å². The molecule has 1 aromatic heterocycles. The number of hydrogen-bond acceptors (Lipinski definition) is 3. The second-order valence-corrected chi connectivity index (χ2v) is 3.35. The van der Waals surface area contributed by atoms with E-state index in [2.05, 4.69) is 24.0 Å². The van der Waals surface area contributed by atoms with Crippen molar-refractivity contribution in [2.45, 2.75) is 19.3 Å². The van der Waals surface area contributed by atoms with E-state index in [0.717, 1.165) is 5.82 Å². The Hall–Kier alpha value is -0.900. The van der Waals surface area contributed by atoms with Crippen LogP contribution in [0.15, 0.2) is 6.33 Å². The Morgan fingerprint density at radius 3 is 2.64 bits per heavy atom. The molecule has 0 unspecified atom stereocenters. The lowest BCUT2D eigenvalue weighted by molar-refractivity contribution is 0.482. The molecule has 0 aliphatic carbocycles. The Balaban J connectivity index is 3.00. The predicted octanol–water partition coefficient (Wildman–Crippen LogP) is 0.0514. The minimum atomic E-state index is -0.0781. The minimum absolute atomic E-state index is 0.0781. The normalized spacial score (nSPS) is 12.0. The largest absolute Gasteiger partial charge is 0.329 e. The van der Waals surface area contributed by atoms with Gasteiger partial charge in [0.1, 0.15) is 12.2 Å². The van der Waals surface area contributed by atoms with Gasteiger partial charge in [-0.1, -0.05) is 13.8 Å². The highest BCUT2D eigenvalue weighted by molar-refractivity contribution is 5.03. The number of aryl methyl sites for hydroxylation is 1.